The number of nitrogens with zero attached hydrogens (tertiary/aromatic N) is 2. The monoisotopic (exact) mass is 240 g/mol. The van der Waals surface area contributed by atoms with Crippen LogP contribution in [-0.2, 0) is 4.79 Å². The number of piperidine rings is 2. The van der Waals surface area contributed by atoms with Gasteiger partial charge in [0.2, 0.25) is 0 Å². The van der Waals surface area contributed by atoms with Crippen LogP contribution < -0.4 is 0 Å². The number of carbonyl (C=O) groups is 2. The zero-order valence-electron chi connectivity index (χ0n) is 10.1. The van der Waals surface area contributed by atoms with E-state index >= 15 is 0 Å². The van der Waals surface area contributed by atoms with E-state index in [-0.39, 0.29) is 6.03 Å². The van der Waals surface area contributed by atoms with Crippen LogP contribution in [0.1, 0.15) is 38.5 Å². The van der Waals surface area contributed by atoms with E-state index in [4.69, 9.17) is 5.11 Å². The molecule has 2 heterocycles. The molecule has 0 aromatic rings. The van der Waals surface area contributed by atoms with Gasteiger partial charge < -0.3 is 14.9 Å². The molecule has 2 fully saturated rings. The lowest BCUT2D eigenvalue weighted by Crippen LogP contribution is -2.54. The number of amides is 2. The van der Waals surface area contributed by atoms with Crippen molar-refractivity contribution in [1.29, 1.82) is 0 Å². The highest BCUT2D eigenvalue weighted by Gasteiger charge is 2.34. The van der Waals surface area contributed by atoms with E-state index in [1.165, 1.54) is 6.42 Å². The highest BCUT2D eigenvalue weighted by Crippen LogP contribution is 2.20. The van der Waals surface area contributed by atoms with E-state index in [0.29, 0.717) is 13.0 Å². The predicted octanol–water partition coefficient (Wildman–Crippen LogP) is 1.53. The molecule has 2 aliphatic rings. The summed E-state index contributed by atoms with van der Waals surface area (Å²) in [5.74, 6) is -0.866. The molecule has 2 rings (SSSR count). The first kappa shape index (κ1) is 12.2. The van der Waals surface area contributed by atoms with Crippen molar-refractivity contribution in [3.05, 3.63) is 0 Å². The molecule has 0 aromatic carbocycles. The van der Waals surface area contributed by atoms with Gasteiger partial charge in [0.1, 0.15) is 6.04 Å². The normalized spacial score (nSPS) is 25.8. The minimum Gasteiger partial charge on any atom is -0.480 e. The second kappa shape index (κ2) is 5.38. The van der Waals surface area contributed by atoms with Gasteiger partial charge in [0.05, 0.1) is 0 Å². The SMILES string of the molecule is O=C(O)[C@H]1CCCCN1C(=O)N1CCCCC1. The molecule has 1 N–H and O–H groups in total. The summed E-state index contributed by atoms with van der Waals surface area (Å²) in [6.07, 6.45) is 5.67. The van der Waals surface area contributed by atoms with Crippen molar-refractivity contribution in [2.24, 2.45) is 0 Å². The Kier molecular flexibility index (Phi) is 3.86. The summed E-state index contributed by atoms with van der Waals surface area (Å²) in [7, 11) is 0. The first-order valence-corrected chi connectivity index (χ1v) is 6.48. The number of aliphatic carboxylic acids is 1. The Balaban J connectivity index is 2.02. The van der Waals surface area contributed by atoms with Gasteiger partial charge >= 0.3 is 12.0 Å². The molecule has 0 aromatic heterocycles. The molecule has 2 saturated heterocycles. The number of carboxylic acids is 1. The van der Waals surface area contributed by atoms with Gasteiger partial charge in [-0.3, -0.25) is 0 Å². The molecule has 0 bridgehead atoms. The first-order chi connectivity index (χ1) is 8.20. The van der Waals surface area contributed by atoms with Crippen LogP contribution in [0.15, 0.2) is 0 Å². The van der Waals surface area contributed by atoms with Gasteiger partial charge in [0.15, 0.2) is 0 Å². The number of urea groups is 1. The second-order valence-electron chi connectivity index (χ2n) is 4.87. The third kappa shape index (κ3) is 2.70. The van der Waals surface area contributed by atoms with Crippen LogP contribution >= 0.6 is 0 Å². The Morgan fingerprint density at radius 1 is 0.941 bits per heavy atom. The molecule has 5 nitrogen and oxygen atoms in total. The van der Waals surface area contributed by atoms with Crippen LogP contribution in [0.25, 0.3) is 0 Å². The molecule has 0 radical (unpaired) electrons. The molecule has 0 aliphatic carbocycles. The fourth-order valence-corrected chi connectivity index (χ4v) is 2.68. The number of carbonyl (C=O) groups excluding carboxylic acids is 1. The van der Waals surface area contributed by atoms with Gasteiger partial charge in [-0.1, -0.05) is 0 Å². The minimum atomic E-state index is -0.866. The van der Waals surface area contributed by atoms with Crippen LogP contribution in [0.2, 0.25) is 0 Å². The molecule has 2 amide bonds. The average molecular weight is 240 g/mol. The van der Waals surface area contributed by atoms with E-state index in [0.717, 1.165) is 38.8 Å². The highest BCUT2D eigenvalue weighted by molar-refractivity contribution is 5.83. The lowest BCUT2D eigenvalue weighted by atomic mass is 10.0. The number of likely N-dealkylation sites (tertiary alicyclic amines) is 2. The Labute approximate surface area is 101 Å². The predicted molar refractivity (Wildman–Crippen MR) is 62.8 cm³/mol. The van der Waals surface area contributed by atoms with Gasteiger partial charge in [0.25, 0.3) is 0 Å². The van der Waals surface area contributed by atoms with Crippen molar-refractivity contribution < 1.29 is 14.7 Å². The van der Waals surface area contributed by atoms with Crippen molar-refractivity contribution in [3.8, 4) is 0 Å². The summed E-state index contributed by atoms with van der Waals surface area (Å²) in [4.78, 5) is 26.8. The summed E-state index contributed by atoms with van der Waals surface area (Å²) < 4.78 is 0. The van der Waals surface area contributed by atoms with Gasteiger partial charge in [-0.25, -0.2) is 9.59 Å². The van der Waals surface area contributed by atoms with E-state index in [1.54, 1.807) is 4.90 Å². The summed E-state index contributed by atoms with van der Waals surface area (Å²) in [5.41, 5.74) is 0. The fourth-order valence-electron chi connectivity index (χ4n) is 2.68. The second-order valence-corrected chi connectivity index (χ2v) is 4.87. The summed E-state index contributed by atoms with van der Waals surface area (Å²) in [5, 5.41) is 9.14. The lowest BCUT2D eigenvalue weighted by Gasteiger charge is -2.38. The van der Waals surface area contributed by atoms with Crippen molar-refractivity contribution in [1.82, 2.24) is 9.80 Å². The topological polar surface area (TPSA) is 60.9 Å². The van der Waals surface area contributed by atoms with E-state index in [9.17, 15) is 9.59 Å². The Hall–Kier alpha value is -1.26. The largest absolute Gasteiger partial charge is 0.480 e. The fraction of sp³-hybridized carbons (Fsp3) is 0.833. The number of carboxylic acid groups (broad SMARTS) is 1. The van der Waals surface area contributed by atoms with Crippen LogP contribution in [0.3, 0.4) is 0 Å². The van der Waals surface area contributed by atoms with Gasteiger partial charge in [0, 0.05) is 19.6 Å². The molecule has 0 spiro atoms. The molecule has 5 heteroatoms. The first-order valence-electron chi connectivity index (χ1n) is 6.48. The maximum Gasteiger partial charge on any atom is 0.326 e. The molecular weight excluding hydrogens is 220 g/mol. The molecule has 0 unspecified atom stereocenters. The third-order valence-electron chi connectivity index (χ3n) is 3.66. The van der Waals surface area contributed by atoms with Crippen LogP contribution in [0, 0.1) is 0 Å². The summed E-state index contributed by atoms with van der Waals surface area (Å²) >= 11 is 0. The molecule has 1 atom stereocenters. The maximum atomic E-state index is 12.3. The van der Waals surface area contributed by atoms with Crippen molar-refractivity contribution in [2.45, 2.75) is 44.6 Å². The third-order valence-corrected chi connectivity index (χ3v) is 3.66. The van der Waals surface area contributed by atoms with Crippen molar-refractivity contribution in [3.63, 3.8) is 0 Å². The molecular formula is C12H20N2O3. The Morgan fingerprint density at radius 2 is 1.59 bits per heavy atom. The standard InChI is InChI=1S/C12H20N2O3/c15-11(16)10-6-2-5-9-14(10)12(17)13-7-3-1-4-8-13/h10H,1-9H2,(H,15,16)/t10-/m1/s1. The van der Waals surface area contributed by atoms with Crippen LogP contribution in [-0.4, -0.2) is 52.6 Å². The quantitative estimate of drug-likeness (QED) is 0.756. The molecule has 2 aliphatic heterocycles. The average Bonchev–Trinajstić information content (AvgIpc) is 2.39. The zero-order chi connectivity index (χ0) is 12.3. The van der Waals surface area contributed by atoms with E-state index in [1.807, 2.05) is 4.90 Å². The lowest BCUT2D eigenvalue weighted by molar-refractivity contribution is -0.143. The van der Waals surface area contributed by atoms with Crippen molar-refractivity contribution in [2.75, 3.05) is 19.6 Å². The Morgan fingerprint density at radius 3 is 2.24 bits per heavy atom. The van der Waals surface area contributed by atoms with Crippen molar-refractivity contribution >= 4 is 12.0 Å². The number of hydrogen-bond acceptors (Lipinski definition) is 2. The molecule has 96 valence electrons. The summed E-state index contributed by atoms with van der Waals surface area (Å²) in [6, 6.07) is -0.685. The van der Waals surface area contributed by atoms with E-state index in [2.05, 4.69) is 0 Å². The highest BCUT2D eigenvalue weighted by atomic mass is 16.4. The smallest absolute Gasteiger partial charge is 0.326 e. The van der Waals surface area contributed by atoms with Crippen LogP contribution in [0.5, 0.6) is 0 Å². The zero-order valence-corrected chi connectivity index (χ0v) is 10.1. The maximum absolute atomic E-state index is 12.3. The Bertz CT molecular complexity index is 300. The number of rotatable bonds is 1. The van der Waals surface area contributed by atoms with E-state index < -0.39 is 12.0 Å². The minimum absolute atomic E-state index is 0.0724. The molecule has 0 saturated carbocycles. The summed E-state index contributed by atoms with van der Waals surface area (Å²) in [6.45, 7) is 2.15. The van der Waals surface area contributed by atoms with Gasteiger partial charge in [-0.15, -0.1) is 0 Å². The van der Waals surface area contributed by atoms with Crippen LogP contribution in [0.4, 0.5) is 4.79 Å². The van der Waals surface area contributed by atoms with Gasteiger partial charge in [-0.05, 0) is 38.5 Å². The van der Waals surface area contributed by atoms with Gasteiger partial charge in [-0.2, -0.15) is 0 Å². The number of hydrogen-bond donors (Lipinski definition) is 1. The molecule has 17 heavy (non-hydrogen) atoms.